The normalized spacial score (nSPS) is 26.6. The van der Waals surface area contributed by atoms with Crippen molar-refractivity contribution in [2.24, 2.45) is 17.8 Å². The fourth-order valence-corrected chi connectivity index (χ4v) is 7.48. The summed E-state index contributed by atoms with van der Waals surface area (Å²) in [4.78, 5) is 15.9. The molecule has 8 nitrogen and oxygen atoms in total. The first-order valence-corrected chi connectivity index (χ1v) is 13.4. The highest BCUT2D eigenvalue weighted by molar-refractivity contribution is 7.92. The van der Waals surface area contributed by atoms with Crippen LogP contribution < -0.4 is 10.0 Å². The molecule has 0 spiro atoms. The predicted molar refractivity (Wildman–Crippen MR) is 130 cm³/mol. The summed E-state index contributed by atoms with van der Waals surface area (Å²) in [6.45, 7) is 3.50. The van der Waals surface area contributed by atoms with Gasteiger partial charge in [-0.15, -0.1) is 0 Å². The minimum absolute atomic E-state index is 0.0130. The number of carboxylic acids is 1. The number of sulfonamides is 1. The van der Waals surface area contributed by atoms with Crippen LogP contribution in [0.4, 0.5) is 11.7 Å². The van der Waals surface area contributed by atoms with Gasteiger partial charge in [0.25, 0.3) is 10.0 Å². The second-order valence-corrected chi connectivity index (χ2v) is 11.7. The topological polar surface area (TPSA) is 122 Å². The lowest BCUT2D eigenvalue weighted by Gasteiger charge is -2.43. The Morgan fingerprint density at radius 1 is 1.14 bits per heavy atom. The second-order valence-electron chi connectivity index (χ2n) is 10.0. The van der Waals surface area contributed by atoms with Gasteiger partial charge < -0.3 is 14.8 Å². The molecular formula is C26H27N3O5S. The maximum absolute atomic E-state index is 13.2. The average Bonchev–Trinajstić information content (AvgIpc) is 3.53. The highest BCUT2D eigenvalue weighted by atomic mass is 32.2. The molecule has 0 amide bonds. The molecule has 0 unspecified atom stereocenters. The number of benzene rings is 2. The molecule has 35 heavy (non-hydrogen) atoms. The Balaban J connectivity index is 1.38. The molecule has 9 heteroatoms. The van der Waals surface area contributed by atoms with E-state index in [0.29, 0.717) is 23.3 Å². The van der Waals surface area contributed by atoms with Crippen molar-refractivity contribution in [3.8, 4) is 0 Å². The Bertz CT molecular complexity index is 1430. The standard InChI is InChI=1S/C26H27N3O5S/c1-13-14(2)34-26(27-13)29-35(32,33)19-8-9-21-20(12-19)22-15-6-7-16(10-15)23(22)24(28-21)17-4-3-5-18(11-17)25(30)31/h3-5,8-9,11-12,15-16,22-24,28H,6-7,10H2,1-2H3,(H,27,29)(H,30,31)/t15-,16-,22-,23+,24+/m0/s1. The largest absolute Gasteiger partial charge is 0.478 e. The van der Waals surface area contributed by atoms with Crippen molar-refractivity contribution in [3.63, 3.8) is 0 Å². The van der Waals surface area contributed by atoms with Crippen molar-refractivity contribution in [2.75, 3.05) is 10.0 Å². The Labute approximate surface area is 203 Å². The lowest BCUT2D eigenvalue weighted by Crippen LogP contribution is -2.35. The third-order valence-corrected chi connectivity index (χ3v) is 9.43. The fraction of sp³-hybridized carbons (Fsp3) is 0.385. The smallest absolute Gasteiger partial charge is 0.335 e. The minimum atomic E-state index is -3.87. The van der Waals surface area contributed by atoms with Gasteiger partial charge >= 0.3 is 12.0 Å². The Morgan fingerprint density at radius 3 is 2.69 bits per heavy atom. The predicted octanol–water partition coefficient (Wildman–Crippen LogP) is 5.09. The van der Waals surface area contributed by atoms with E-state index < -0.39 is 16.0 Å². The van der Waals surface area contributed by atoms with E-state index in [2.05, 4.69) is 15.0 Å². The van der Waals surface area contributed by atoms with Crippen molar-refractivity contribution in [1.29, 1.82) is 0 Å². The number of aromatic carboxylic acids is 1. The molecule has 1 aromatic heterocycles. The first kappa shape index (κ1) is 22.2. The molecule has 182 valence electrons. The van der Waals surface area contributed by atoms with E-state index in [9.17, 15) is 18.3 Å². The van der Waals surface area contributed by atoms with Crippen molar-refractivity contribution in [1.82, 2.24) is 4.98 Å². The Hall–Kier alpha value is -3.33. The van der Waals surface area contributed by atoms with Gasteiger partial charge in [-0.1, -0.05) is 12.1 Å². The molecule has 2 aliphatic carbocycles. The van der Waals surface area contributed by atoms with Crippen molar-refractivity contribution >= 4 is 27.7 Å². The average molecular weight is 494 g/mol. The molecule has 2 saturated carbocycles. The summed E-state index contributed by atoms with van der Waals surface area (Å²) in [5.41, 5.74) is 3.81. The zero-order valence-electron chi connectivity index (χ0n) is 19.5. The van der Waals surface area contributed by atoms with Crippen molar-refractivity contribution in [2.45, 2.75) is 50.0 Å². The maximum Gasteiger partial charge on any atom is 0.335 e. The van der Waals surface area contributed by atoms with E-state index >= 15 is 0 Å². The van der Waals surface area contributed by atoms with Gasteiger partial charge in [-0.2, -0.15) is 4.98 Å². The molecular weight excluding hydrogens is 466 g/mol. The van der Waals surface area contributed by atoms with Crippen LogP contribution in [0, 0.1) is 31.6 Å². The summed E-state index contributed by atoms with van der Waals surface area (Å²) in [5.74, 6) is 1.17. The second kappa shape index (κ2) is 7.84. The molecule has 6 rings (SSSR count). The van der Waals surface area contributed by atoms with Gasteiger partial charge in [0, 0.05) is 5.69 Å². The van der Waals surface area contributed by atoms with Crippen LogP contribution in [0.25, 0.3) is 0 Å². The van der Waals surface area contributed by atoms with Gasteiger partial charge in [0.2, 0.25) is 0 Å². The first-order valence-electron chi connectivity index (χ1n) is 11.9. The number of fused-ring (bicyclic) bond motifs is 7. The molecule has 0 saturated heterocycles. The van der Waals surface area contributed by atoms with Crippen molar-refractivity contribution < 1.29 is 22.7 Å². The summed E-state index contributed by atoms with van der Waals surface area (Å²) in [6.07, 6.45) is 3.41. The minimum Gasteiger partial charge on any atom is -0.478 e. The zero-order valence-corrected chi connectivity index (χ0v) is 20.3. The van der Waals surface area contributed by atoms with E-state index in [1.807, 2.05) is 12.1 Å². The quantitative estimate of drug-likeness (QED) is 0.453. The number of hydrogen-bond donors (Lipinski definition) is 3. The van der Waals surface area contributed by atoms with Gasteiger partial charge in [0.15, 0.2) is 0 Å². The summed E-state index contributed by atoms with van der Waals surface area (Å²) in [6, 6.07) is 12.3. The van der Waals surface area contributed by atoms with Crippen LogP contribution in [0.3, 0.4) is 0 Å². The lowest BCUT2D eigenvalue weighted by molar-refractivity contribution is 0.0696. The van der Waals surface area contributed by atoms with Gasteiger partial charge in [-0.3, -0.25) is 0 Å². The molecule has 2 aromatic carbocycles. The number of aryl methyl sites for hydroxylation is 2. The number of anilines is 2. The lowest BCUT2D eigenvalue weighted by atomic mass is 9.68. The number of nitrogens with one attached hydrogen (secondary N) is 2. The molecule has 2 bridgehead atoms. The molecule has 3 aliphatic rings. The molecule has 2 heterocycles. The summed E-state index contributed by atoms with van der Waals surface area (Å²) in [5, 5.41) is 13.1. The van der Waals surface area contributed by atoms with Crippen LogP contribution in [0.1, 0.15) is 64.2 Å². The van der Waals surface area contributed by atoms with E-state index in [1.54, 1.807) is 44.2 Å². The molecule has 3 N–H and O–H groups in total. The van der Waals surface area contributed by atoms with Gasteiger partial charge in [-0.05, 0) is 98.2 Å². The van der Waals surface area contributed by atoms with Gasteiger partial charge in [0.05, 0.1) is 22.2 Å². The van der Waals surface area contributed by atoms with E-state index in [0.717, 1.165) is 36.1 Å². The SMILES string of the molecule is Cc1nc(NS(=O)(=O)c2ccc3c(c2)[C@@H]2[C@H]4CC[C@@H](C4)[C@H]2[C@@H](c2cccc(C(=O)O)c2)N3)oc1C. The van der Waals surface area contributed by atoms with Crippen LogP contribution in [-0.4, -0.2) is 24.5 Å². The monoisotopic (exact) mass is 493 g/mol. The number of rotatable bonds is 5. The number of nitrogens with zero attached hydrogens (tertiary/aromatic N) is 1. The van der Waals surface area contributed by atoms with E-state index in [4.69, 9.17) is 4.42 Å². The number of carbonyl (C=O) groups is 1. The van der Waals surface area contributed by atoms with Gasteiger partial charge in [-0.25, -0.2) is 17.9 Å². The van der Waals surface area contributed by atoms with Crippen molar-refractivity contribution in [3.05, 3.63) is 70.6 Å². The maximum atomic E-state index is 13.2. The Kier molecular flexibility index (Phi) is 4.96. The summed E-state index contributed by atoms with van der Waals surface area (Å²) >= 11 is 0. The molecule has 1 aliphatic heterocycles. The van der Waals surface area contributed by atoms with Crippen LogP contribution in [0.5, 0.6) is 0 Å². The number of carboxylic acid groups (broad SMARTS) is 1. The van der Waals surface area contributed by atoms with Crippen LogP contribution in [0.15, 0.2) is 51.8 Å². The summed E-state index contributed by atoms with van der Waals surface area (Å²) in [7, 11) is -3.87. The van der Waals surface area contributed by atoms with E-state index in [1.165, 1.54) is 0 Å². The first-order chi connectivity index (χ1) is 16.7. The fourth-order valence-electron chi connectivity index (χ4n) is 6.52. The summed E-state index contributed by atoms with van der Waals surface area (Å²) < 4.78 is 34.2. The molecule has 0 radical (unpaired) electrons. The molecule has 3 aromatic rings. The van der Waals surface area contributed by atoms with Gasteiger partial charge in [0.1, 0.15) is 5.76 Å². The van der Waals surface area contributed by atoms with Crippen LogP contribution >= 0.6 is 0 Å². The molecule has 2 fully saturated rings. The number of oxazole rings is 1. The molecule has 5 atom stereocenters. The van der Waals surface area contributed by atoms with E-state index in [-0.39, 0.29) is 34.4 Å². The number of aromatic nitrogens is 1. The highest BCUT2D eigenvalue weighted by Crippen LogP contribution is 2.63. The highest BCUT2D eigenvalue weighted by Gasteiger charge is 2.54. The third-order valence-electron chi connectivity index (χ3n) is 8.11. The number of hydrogen-bond acceptors (Lipinski definition) is 6. The third kappa shape index (κ3) is 3.60. The Morgan fingerprint density at radius 2 is 1.94 bits per heavy atom. The zero-order chi connectivity index (χ0) is 24.5. The van der Waals surface area contributed by atoms with Crippen LogP contribution in [-0.2, 0) is 10.0 Å². The van der Waals surface area contributed by atoms with Crippen LogP contribution in [0.2, 0.25) is 0 Å².